The van der Waals surface area contributed by atoms with Gasteiger partial charge in [0.15, 0.2) is 0 Å². The van der Waals surface area contributed by atoms with Gasteiger partial charge in [-0.2, -0.15) is 0 Å². The van der Waals surface area contributed by atoms with Gasteiger partial charge in [0.2, 0.25) is 0 Å². The maximum Gasteiger partial charge on any atom is 0.258 e. The molecule has 2 heterocycles. The molecule has 0 aliphatic carbocycles. The van der Waals surface area contributed by atoms with Gasteiger partial charge in [-0.25, -0.2) is 4.98 Å². The fraction of sp³-hybridized carbons (Fsp3) is 0.222. The van der Waals surface area contributed by atoms with Crippen molar-refractivity contribution in [1.29, 1.82) is 0 Å². The van der Waals surface area contributed by atoms with Gasteiger partial charge in [0, 0.05) is 13.0 Å². The molecule has 1 atom stereocenters. The second kappa shape index (κ2) is 5.85. The molecule has 1 unspecified atom stereocenters. The molecule has 116 valence electrons. The number of hydrogen-bond donors (Lipinski definition) is 2. The normalized spacial score (nSPS) is 16.3. The molecule has 1 aromatic heterocycles. The van der Waals surface area contributed by atoms with Crippen LogP contribution in [0.2, 0.25) is 0 Å². The van der Waals surface area contributed by atoms with Crippen molar-refractivity contribution < 1.29 is 4.74 Å². The minimum atomic E-state index is -0.100. The molecule has 23 heavy (non-hydrogen) atoms. The number of aromatic nitrogens is 2. The third-order valence-electron chi connectivity index (χ3n) is 4.04. The molecule has 0 saturated heterocycles. The Morgan fingerprint density at radius 3 is 2.91 bits per heavy atom. The predicted octanol–water partition coefficient (Wildman–Crippen LogP) is 2.02. The number of rotatable bonds is 4. The molecule has 0 spiro atoms. The second-order valence-corrected chi connectivity index (χ2v) is 5.71. The van der Waals surface area contributed by atoms with Crippen LogP contribution in [0.25, 0.3) is 10.9 Å². The fourth-order valence-corrected chi connectivity index (χ4v) is 2.94. The van der Waals surface area contributed by atoms with Gasteiger partial charge in [0.1, 0.15) is 17.7 Å². The number of para-hydroxylation sites is 2. The summed E-state index contributed by atoms with van der Waals surface area (Å²) in [6, 6.07) is 15.5. The van der Waals surface area contributed by atoms with Crippen molar-refractivity contribution >= 4 is 10.9 Å². The van der Waals surface area contributed by atoms with E-state index in [0.717, 1.165) is 17.7 Å². The Hall–Kier alpha value is -2.66. The number of nitrogens with zero attached hydrogens (tertiary/aromatic N) is 1. The van der Waals surface area contributed by atoms with Gasteiger partial charge in [0.05, 0.1) is 17.4 Å². The highest BCUT2D eigenvalue weighted by Crippen LogP contribution is 2.27. The van der Waals surface area contributed by atoms with E-state index in [2.05, 4.69) is 21.4 Å². The average Bonchev–Trinajstić information content (AvgIpc) is 2.98. The first-order chi connectivity index (χ1) is 11.3. The Morgan fingerprint density at radius 1 is 1.17 bits per heavy atom. The van der Waals surface area contributed by atoms with E-state index in [9.17, 15) is 4.79 Å². The van der Waals surface area contributed by atoms with E-state index in [1.54, 1.807) is 6.07 Å². The Labute approximate surface area is 133 Å². The zero-order valence-electron chi connectivity index (χ0n) is 12.6. The highest BCUT2D eigenvalue weighted by atomic mass is 16.5. The van der Waals surface area contributed by atoms with Crippen LogP contribution < -0.4 is 15.6 Å². The summed E-state index contributed by atoms with van der Waals surface area (Å²) in [5.41, 5.74) is 1.87. The number of H-pyrrole nitrogens is 1. The average molecular weight is 307 g/mol. The van der Waals surface area contributed by atoms with Gasteiger partial charge >= 0.3 is 0 Å². The van der Waals surface area contributed by atoms with Crippen LogP contribution in [0.3, 0.4) is 0 Å². The molecular weight excluding hydrogens is 290 g/mol. The van der Waals surface area contributed by atoms with Crippen molar-refractivity contribution in [3.63, 3.8) is 0 Å². The summed E-state index contributed by atoms with van der Waals surface area (Å²) in [5.74, 6) is 1.61. The predicted molar refractivity (Wildman–Crippen MR) is 88.6 cm³/mol. The highest BCUT2D eigenvalue weighted by molar-refractivity contribution is 5.77. The Balaban J connectivity index is 1.40. The van der Waals surface area contributed by atoms with Crippen LogP contribution in [-0.2, 0) is 13.0 Å². The molecule has 0 radical (unpaired) electrons. The van der Waals surface area contributed by atoms with E-state index in [4.69, 9.17) is 4.74 Å². The summed E-state index contributed by atoms with van der Waals surface area (Å²) < 4.78 is 5.88. The lowest BCUT2D eigenvalue weighted by Crippen LogP contribution is -2.30. The summed E-state index contributed by atoms with van der Waals surface area (Å²) in [7, 11) is 0. The molecule has 2 N–H and O–H groups in total. The first-order valence-electron chi connectivity index (χ1n) is 7.73. The minimum Gasteiger partial charge on any atom is -0.488 e. The maximum absolute atomic E-state index is 12.0. The molecular formula is C18H17N3O2. The van der Waals surface area contributed by atoms with Crippen molar-refractivity contribution in [1.82, 2.24) is 15.3 Å². The molecule has 0 bridgehead atoms. The largest absolute Gasteiger partial charge is 0.488 e. The van der Waals surface area contributed by atoms with Crippen molar-refractivity contribution in [2.75, 3.05) is 6.54 Å². The van der Waals surface area contributed by atoms with Gasteiger partial charge < -0.3 is 15.0 Å². The van der Waals surface area contributed by atoms with Crippen LogP contribution in [0.1, 0.15) is 11.4 Å². The highest BCUT2D eigenvalue weighted by Gasteiger charge is 2.21. The SMILES string of the molecule is O=c1[nH]c(CNCC2Cc3ccccc3O2)nc2ccccc12. The number of nitrogens with one attached hydrogen (secondary N) is 2. The summed E-state index contributed by atoms with van der Waals surface area (Å²) in [4.78, 5) is 19.3. The van der Waals surface area contributed by atoms with E-state index in [-0.39, 0.29) is 11.7 Å². The monoisotopic (exact) mass is 307 g/mol. The van der Waals surface area contributed by atoms with Crippen molar-refractivity contribution in [2.45, 2.75) is 19.1 Å². The number of fused-ring (bicyclic) bond motifs is 2. The molecule has 3 aromatic rings. The molecule has 0 fully saturated rings. The van der Waals surface area contributed by atoms with Crippen LogP contribution >= 0.6 is 0 Å². The maximum atomic E-state index is 12.0. The summed E-state index contributed by atoms with van der Waals surface area (Å²) in [6.07, 6.45) is 1.03. The quantitative estimate of drug-likeness (QED) is 0.774. The number of ether oxygens (including phenoxy) is 1. The lowest BCUT2D eigenvalue weighted by molar-refractivity contribution is 0.227. The molecule has 4 rings (SSSR count). The first-order valence-corrected chi connectivity index (χ1v) is 7.73. The van der Waals surface area contributed by atoms with Gasteiger partial charge in [0.25, 0.3) is 5.56 Å². The second-order valence-electron chi connectivity index (χ2n) is 5.71. The fourth-order valence-electron chi connectivity index (χ4n) is 2.94. The Kier molecular flexibility index (Phi) is 3.55. The number of benzene rings is 2. The van der Waals surface area contributed by atoms with Crippen molar-refractivity contribution in [2.24, 2.45) is 0 Å². The van der Waals surface area contributed by atoms with Crippen molar-refractivity contribution in [3.8, 4) is 5.75 Å². The zero-order valence-corrected chi connectivity index (χ0v) is 12.6. The van der Waals surface area contributed by atoms with Crippen LogP contribution in [0.4, 0.5) is 0 Å². The smallest absolute Gasteiger partial charge is 0.258 e. The summed E-state index contributed by atoms with van der Waals surface area (Å²) >= 11 is 0. The van der Waals surface area contributed by atoms with E-state index in [0.29, 0.717) is 24.3 Å². The van der Waals surface area contributed by atoms with Crippen LogP contribution in [0.5, 0.6) is 5.75 Å². The Bertz CT molecular complexity index is 879. The number of aromatic amines is 1. The summed E-state index contributed by atoms with van der Waals surface area (Å²) in [6.45, 7) is 1.22. The molecule has 0 amide bonds. The van der Waals surface area contributed by atoms with Gasteiger partial charge in [-0.05, 0) is 23.8 Å². The molecule has 5 heteroatoms. The zero-order chi connectivity index (χ0) is 15.6. The van der Waals surface area contributed by atoms with E-state index in [1.165, 1.54) is 5.56 Å². The molecule has 2 aromatic carbocycles. The van der Waals surface area contributed by atoms with Crippen LogP contribution in [-0.4, -0.2) is 22.6 Å². The van der Waals surface area contributed by atoms with E-state index in [1.807, 2.05) is 36.4 Å². The molecule has 1 aliphatic heterocycles. The number of hydrogen-bond acceptors (Lipinski definition) is 4. The first kappa shape index (κ1) is 14.0. The third kappa shape index (κ3) is 2.83. The molecule has 5 nitrogen and oxygen atoms in total. The van der Waals surface area contributed by atoms with Crippen molar-refractivity contribution in [3.05, 3.63) is 70.3 Å². The topological polar surface area (TPSA) is 67.0 Å². The Morgan fingerprint density at radius 2 is 2.00 bits per heavy atom. The van der Waals surface area contributed by atoms with E-state index >= 15 is 0 Å². The van der Waals surface area contributed by atoms with Crippen LogP contribution in [0, 0.1) is 0 Å². The van der Waals surface area contributed by atoms with Crippen LogP contribution in [0.15, 0.2) is 53.3 Å². The molecule has 0 saturated carbocycles. The van der Waals surface area contributed by atoms with E-state index < -0.39 is 0 Å². The lowest BCUT2D eigenvalue weighted by atomic mass is 10.1. The van der Waals surface area contributed by atoms with Gasteiger partial charge in [-0.1, -0.05) is 30.3 Å². The van der Waals surface area contributed by atoms with Gasteiger partial charge in [-0.3, -0.25) is 4.79 Å². The minimum absolute atomic E-state index is 0.100. The molecule has 1 aliphatic rings. The summed E-state index contributed by atoms with van der Waals surface area (Å²) in [5, 5.41) is 3.93. The standard InChI is InChI=1S/C18H17N3O2/c22-18-14-6-2-3-7-15(14)20-17(21-18)11-19-10-13-9-12-5-1-4-8-16(12)23-13/h1-8,13,19H,9-11H2,(H,20,21,22). The third-order valence-corrected chi connectivity index (χ3v) is 4.04. The lowest BCUT2D eigenvalue weighted by Gasteiger charge is -2.11. The van der Waals surface area contributed by atoms with Gasteiger partial charge in [-0.15, -0.1) is 0 Å².